The van der Waals surface area contributed by atoms with E-state index >= 15 is 0 Å². The molecule has 0 unspecified atom stereocenters. The van der Waals surface area contributed by atoms with Gasteiger partial charge in [0.1, 0.15) is 5.76 Å². The van der Waals surface area contributed by atoms with E-state index in [9.17, 15) is 9.59 Å². The van der Waals surface area contributed by atoms with E-state index in [1.807, 2.05) is 48.5 Å². The molecule has 2 aromatic carbocycles. The Labute approximate surface area is 213 Å². The van der Waals surface area contributed by atoms with Crippen molar-refractivity contribution in [3.05, 3.63) is 89.0 Å². The van der Waals surface area contributed by atoms with Crippen molar-refractivity contribution >= 4 is 34.4 Å². The van der Waals surface area contributed by atoms with Gasteiger partial charge in [-0.05, 0) is 65.9 Å². The van der Waals surface area contributed by atoms with Gasteiger partial charge >= 0.3 is 5.97 Å². The molecular weight excluding hydrogens is 472 g/mol. The number of hydrogen-bond donors (Lipinski definition) is 1. The number of pyridine rings is 1. The summed E-state index contributed by atoms with van der Waals surface area (Å²) in [5.74, 6) is 0.950. The Morgan fingerprint density at radius 1 is 1.03 bits per heavy atom. The van der Waals surface area contributed by atoms with Crippen molar-refractivity contribution in [2.45, 2.75) is 19.4 Å². The molecule has 0 spiro atoms. The molecule has 1 N–H and O–H groups in total. The predicted octanol–water partition coefficient (Wildman–Crippen LogP) is 4.81. The molecule has 0 fully saturated rings. The number of esters is 1. The molecule has 0 saturated heterocycles. The van der Waals surface area contributed by atoms with Gasteiger partial charge in [-0.15, -0.1) is 0 Å². The third-order valence-electron chi connectivity index (χ3n) is 6.27. The van der Waals surface area contributed by atoms with Crippen molar-refractivity contribution in [3.63, 3.8) is 0 Å². The van der Waals surface area contributed by atoms with Crippen molar-refractivity contribution in [2.24, 2.45) is 0 Å². The number of nitrogens with one attached hydrogen (secondary N) is 1. The van der Waals surface area contributed by atoms with Crippen LogP contribution in [0.4, 0.5) is 0 Å². The van der Waals surface area contributed by atoms with E-state index in [4.69, 9.17) is 23.6 Å². The summed E-state index contributed by atoms with van der Waals surface area (Å²) < 4.78 is 21.4. The number of ether oxygens (including phenoxy) is 3. The maximum absolute atomic E-state index is 13.3. The summed E-state index contributed by atoms with van der Waals surface area (Å²) in [4.78, 5) is 30.4. The van der Waals surface area contributed by atoms with E-state index in [2.05, 4.69) is 5.32 Å². The second-order valence-electron chi connectivity index (χ2n) is 8.55. The molecule has 2 heterocycles. The van der Waals surface area contributed by atoms with Crippen molar-refractivity contribution in [3.8, 4) is 11.5 Å². The van der Waals surface area contributed by atoms with Gasteiger partial charge < -0.3 is 23.9 Å². The molecule has 5 rings (SSSR count). The Morgan fingerprint density at radius 2 is 1.86 bits per heavy atom. The average molecular weight is 499 g/mol. The average Bonchev–Trinajstić information content (AvgIpc) is 3.59. The van der Waals surface area contributed by atoms with Crippen LogP contribution in [0.5, 0.6) is 11.5 Å². The van der Waals surface area contributed by atoms with Gasteiger partial charge in [0.25, 0.3) is 5.91 Å². The highest BCUT2D eigenvalue weighted by Gasteiger charge is 2.28. The van der Waals surface area contributed by atoms with Gasteiger partial charge in [-0.25, -0.2) is 9.78 Å². The van der Waals surface area contributed by atoms with Gasteiger partial charge in [-0.1, -0.05) is 24.3 Å². The second-order valence-corrected chi connectivity index (χ2v) is 8.55. The van der Waals surface area contributed by atoms with E-state index in [0.29, 0.717) is 40.1 Å². The van der Waals surface area contributed by atoms with E-state index in [1.165, 1.54) is 6.26 Å². The van der Waals surface area contributed by atoms with E-state index < -0.39 is 11.9 Å². The first-order chi connectivity index (χ1) is 18.1. The summed E-state index contributed by atoms with van der Waals surface area (Å²) in [6, 6.07) is 16.7. The fourth-order valence-electron chi connectivity index (χ4n) is 4.51. The first kappa shape index (κ1) is 24.1. The Hall–Kier alpha value is -4.59. The molecule has 0 bridgehead atoms. The minimum absolute atomic E-state index is 0.223. The zero-order valence-electron chi connectivity index (χ0n) is 20.6. The van der Waals surface area contributed by atoms with Crippen LogP contribution in [0, 0.1) is 0 Å². The summed E-state index contributed by atoms with van der Waals surface area (Å²) in [5, 5.41) is 3.39. The molecule has 0 saturated carbocycles. The zero-order valence-corrected chi connectivity index (χ0v) is 20.6. The van der Waals surface area contributed by atoms with Crippen LogP contribution >= 0.6 is 0 Å². The molecule has 188 valence electrons. The second kappa shape index (κ2) is 10.6. The minimum Gasteiger partial charge on any atom is -0.493 e. The number of nitrogens with zero attached hydrogens (tertiary/aromatic N) is 1. The normalized spacial score (nSPS) is 13.4. The largest absolute Gasteiger partial charge is 0.493 e. The first-order valence-electron chi connectivity index (χ1n) is 11.9. The smallest absolute Gasteiger partial charge is 0.339 e. The number of rotatable bonds is 8. The summed E-state index contributed by atoms with van der Waals surface area (Å²) in [7, 11) is 3.20. The predicted molar refractivity (Wildman–Crippen MR) is 138 cm³/mol. The Bertz CT molecular complexity index is 1490. The quantitative estimate of drug-likeness (QED) is 0.348. The van der Waals surface area contributed by atoms with E-state index in [1.54, 1.807) is 26.4 Å². The Morgan fingerprint density at radius 3 is 2.65 bits per heavy atom. The summed E-state index contributed by atoms with van der Waals surface area (Å²) in [6.45, 7) is -0.166. The lowest BCUT2D eigenvalue weighted by molar-refractivity contribution is -0.124. The number of allylic oxidation sites excluding steroid dienone is 1. The molecule has 1 amide bonds. The van der Waals surface area contributed by atoms with Crippen LogP contribution in [0.2, 0.25) is 0 Å². The van der Waals surface area contributed by atoms with Crippen LogP contribution in [0.3, 0.4) is 0 Å². The molecule has 8 heteroatoms. The number of aromatic nitrogens is 1. The fraction of sp³-hybridized carbons (Fsp3) is 0.207. The maximum atomic E-state index is 13.3. The Balaban J connectivity index is 1.42. The number of fused-ring (bicyclic) bond motifs is 2. The van der Waals surface area contributed by atoms with Crippen molar-refractivity contribution < 1.29 is 28.2 Å². The van der Waals surface area contributed by atoms with Crippen LogP contribution < -0.4 is 14.8 Å². The van der Waals surface area contributed by atoms with Crippen LogP contribution in [-0.4, -0.2) is 37.7 Å². The molecule has 0 radical (unpaired) electrons. The first-order valence-corrected chi connectivity index (χ1v) is 11.9. The zero-order chi connectivity index (χ0) is 25.8. The number of hydrogen-bond acceptors (Lipinski definition) is 7. The van der Waals surface area contributed by atoms with Gasteiger partial charge in [-0.3, -0.25) is 4.79 Å². The number of para-hydroxylation sites is 1. The highest BCUT2D eigenvalue weighted by atomic mass is 16.5. The van der Waals surface area contributed by atoms with Gasteiger partial charge in [0.05, 0.1) is 43.8 Å². The van der Waals surface area contributed by atoms with Crippen molar-refractivity contribution in [1.82, 2.24) is 10.3 Å². The summed E-state index contributed by atoms with van der Waals surface area (Å²) in [6.07, 6.45) is 4.94. The number of benzene rings is 2. The van der Waals surface area contributed by atoms with Gasteiger partial charge in [-0.2, -0.15) is 0 Å². The molecule has 1 aliphatic carbocycles. The third-order valence-corrected chi connectivity index (χ3v) is 6.27. The van der Waals surface area contributed by atoms with Crippen LogP contribution in [0.15, 0.2) is 65.3 Å². The monoisotopic (exact) mass is 498 g/mol. The third kappa shape index (κ3) is 5.04. The number of carbonyl (C=O) groups is 2. The molecule has 4 aromatic rings. The lowest BCUT2D eigenvalue weighted by Gasteiger charge is -2.12. The number of amides is 1. The molecule has 0 aliphatic heterocycles. The van der Waals surface area contributed by atoms with E-state index in [0.717, 1.165) is 28.8 Å². The lowest BCUT2D eigenvalue weighted by atomic mass is 10.0. The number of furan rings is 1. The summed E-state index contributed by atoms with van der Waals surface area (Å²) >= 11 is 0. The van der Waals surface area contributed by atoms with Gasteiger partial charge in [0, 0.05) is 5.39 Å². The minimum atomic E-state index is -0.546. The van der Waals surface area contributed by atoms with Crippen LogP contribution in [-0.2, 0) is 22.5 Å². The topological polar surface area (TPSA) is 99.9 Å². The highest BCUT2D eigenvalue weighted by Crippen LogP contribution is 2.38. The summed E-state index contributed by atoms with van der Waals surface area (Å²) in [5.41, 5.74) is 4.69. The van der Waals surface area contributed by atoms with Crippen LogP contribution in [0.1, 0.15) is 39.4 Å². The molecular formula is C29H26N2O6. The SMILES string of the molecule is COc1ccc(/C=C2\CCc3c2nc2ccccc2c3C(=O)OCC(=O)NCc2ccco2)cc1OC. The van der Waals surface area contributed by atoms with Crippen LogP contribution in [0.25, 0.3) is 22.6 Å². The number of carbonyl (C=O) groups excluding carboxylic acids is 2. The highest BCUT2D eigenvalue weighted by molar-refractivity contribution is 6.07. The fourth-order valence-corrected chi connectivity index (χ4v) is 4.51. The number of methoxy groups -OCH3 is 2. The van der Waals surface area contributed by atoms with Crippen molar-refractivity contribution in [2.75, 3.05) is 20.8 Å². The lowest BCUT2D eigenvalue weighted by Crippen LogP contribution is -2.28. The molecule has 8 nitrogen and oxygen atoms in total. The molecule has 37 heavy (non-hydrogen) atoms. The Kier molecular flexibility index (Phi) is 6.89. The molecule has 2 aromatic heterocycles. The van der Waals surface area contributed by atoms with E-state index in [-0.39, 0.29) is 13.2 Å². The molecule has 1 aliphatic rings. The van der Waals surface area contributed by atoms with Gasteiger partial charge in [0.15, 0.2) is 18.1 Å². The van der Waals surface area contributed by atoms with Crippen molar-refractivity contribution in [1.29, 1.82) is 0 Å². The molecule has 0 atom stereocenters. The van der Waals surface area contributed by atoms with Gasteiger partial charge in [0.2, 0.25) is 0 Å². The maximum Gasteiger partial charge on any atom is 0.339 e. The standard InChI is InChI=1S/C29H26N2O6/c1-34-24-12-9-18(15-25(24)35-2)14-19-10-11-22-27(21-7-3-4-8-23(21)31-28(19)22)29(33)37-17-26(32)30-16-20-6-5-13-36-20/h3-9,12-15H,10-11,16-17H2,1-2H3,(H,30,32)/b19-14+.